The lowest BCUT2D eigenvalue weighted by Gasteiger charge is -2.30. The van der Waals surface area contributed by atoms with Crippen molar-refractivity contribution in [3.63, 3.8) is 0 Å². The molecule has 2 rings (SSSR count). The van der Waals surface area contributed by atoms with Crippen LogP contribution in [0.3, 0.4) is 0 Å². The third kappa shape index (κ3) is 2.89. The molecule has 0 radical (unpaired) electrons. The Morgan fingerprint density at radius 2 is 2.12 bits per heavy atom. The van der Waals surface area contributed by atoms with Gasteiger partial charge in [0.25, 0.3) is 0 Å². The maximum atomic E-state index is 6.58. The van der Waals surface area contributed by atoms with E-state index in [9.17, 15) is 0 Å². The summed E-state index contributed by atoms with van der Waals surface area (Å²) < 4.78 is 0. The quantitative estimate of drug-likeness (QED) is 0.769. The first-order valence-corrected chi connectivity index (χ1v) is 7.49. The topological polar surface area (TPSA) is 38.9 Å². The Morgan fingerprint density at radius 3 is 2.71 bits per heavy atom. The van der Waals surface area contributed by atoms with Gasteiger partial charge in [-0.15, -0.1) is 11.3 Å². The van der Waals surface area contributed by atoms with Gasteiger partial charge in [0.2, 0.25) is 0 Å². The molecule has 1 aromatic heterocycles. The second-order valence-corrected chi connectivity index (χ2v) is 7.38. The van der Waals surface area contributed by atoms with E-state index in [1.165, 1.54) is 19.3 Å². The Kier molecular flexibility index (Phi) is 3.60. The predicted molar refractivity (Wildman–Crippen MR) is 74.0 cm³/mol. The van der Waals surface area contributed by atoms with Gasteiger partial charge in [-0.25, -0.2) is 4.98 Å². The Hall–Kier alpha value is -0.410. The molecule has 2 N–H and O–H groups in total. The molecule has 2 nitrogen and oxygen atoms in total. The first-order valence-electron chi connectivity index (χ1n) is 6.61. The smallest absolute Gasteiger partial charge is 0.112 e. The molecule has 1 aromatic rings. The van der Waals surface area contributed by atoms with E-state index < -0.39 is 0 Å². The highest BCUT2D eigenvalue weighted by molar-refractivity contribution is 7.09. The van der Waals surface area contributed by atoms with E-state index in [2.05, 4.69) is 25.8 Å². The molecule has 0 saturated heterocycles. The minimum Gasteiger partial charge on any atom is -0.319 e. The summed E-state index contributed by atoms with van der Waals surface area (Å²) in [5.41, 5.74) is 6.83. The van der Waals surface area contributed by atoms with Crippen LogP contribution in [0.15, 0.2) is 11.6 Å². The van der Waals surface area contributed by atoms with Crippen molar-refractivity contribution in [2.24, 2.45) is 17.1 Å². The van der Waals surface area contributed by atoms with Crippen LogP contribution in [-0.2, 0) is 5.54 Å². The fourth-order valence-electron chi connectivity index (χ4n) is 2.91. The van der Waals surface area contributed by atoms with Gasteiger partial charge in [0.05, 0.1) is 5.54 Å². The van der Waals surface area contributed by atoms with Crippen molar-refractivity contribution in [2.45, 2.75) is 58.4 Å². The number of rotatable bonds is 1. The summed E-state index contributed by atoms with van der Waals surface area (Å²) in [6.07, 6.45) is 7.84. The van der Waals surface area contributed by atoms with Gasteiger partial charge in [-0.2, -0.15) is 0 Å². The minimum absolute atomic E-state index is 0.159. The van der Waals surface area contributed by atoms with Crippen molar-refractivity contribution in [1.29, 1.82) is 0 Å². The summed E-state index contributed by atoms with van der Waals surface area (Å²) in [6.45, 7) is 7.06. The highest BCUT2D eigenvalue weighted by Crippen LogP contribution is 2.42. The van der Waals surface area contributed by atoms with Crippen molar-refractivity contribution in [3.8, 4) is 0 Å². The first-order chi connectivity index (χ1) is 7.92. The second-order valence-electron chi connectivity index (χ2n) is 6.49. The Morgan fingerprint density at radius 1 is 1.35 bits per heavy atom. The van der Waals surface area contributed by atoms with E-state index in [0.717, 1.165) is 23.8 Å². The van der Waals surface area contributed by atoms with Gasteiger partial charge in [0, 0.05) is 11.6 Å². The zero-order chi connectivity index (χ0) is 12.5. The van der Waals surface area contributed by atoms with Gasteiger partial charge in [-0.3, -0.25) is 0 Å². The van der Waals surface area contributed by atoms with Gasteiger partial charge < -0.3 is 5.73 Å². The van der Waals surface area contributed by atoms with Crippen LogP contribution >= 0.6 is 11.3 Å². The maximum Gasteiger partial charge on any atom is 0.112 e. The molecular weight excluding hydrogens is 228 g/mol. The molecule has 96 valence electrons. The second kappa shape index (κ2) is 4.69. The molecule has 1 saturated carbocycles. The van der Waals surface area contributed by atoms with Gasteiger partial charge in [-0.1, -0.05) is 27.2 Å². The maximum absolute atomic E-state index is 6.58. The van der Waals surface area contributed by atoms with Crippen molar-refractivity contribution < 1.29 is 0 Å². The summed E-state index contributed by atoms with van der Waals surface area (Å²) >= 11 is 1.71. The van der Waals surface area contributed by atoms with Crippen LogP contribution in [0.5, 0.6) is 0 Å². The summed E-state index contributed by atoms with van der Waals surface area (Å²) in [5.74, 6) is 0.799. The number of hydrogen-bond acceptors (Lipinski definition) is 3. The molecule has 1 heterocycles. The summed E-state index contributed by atoms with van der Waals surface area (Å²) in [6, 6.07) is 0. The average molecular weight is 252 g/mol. The number of nitrogens with two attached hydrogens (primary N) is 1. The Bertz CT molecular complexity index is 353. The lowest BCUT2D eigenvalue weighted by atomic mass is 9.76. The molecular formula is C14H24N2S. The number of thiazole rings is 1. The van der Waals surface area contributed by atoms with E-state index in [0.29, 0.717) is 5.41 Å². The Balaban J connectivity index is 2.10. The highest BCUT2D eigenvalue weighted by Gasteiger charge is 2.36. The molecule has 17 heavy (non-hydrogen) atoms. The average Bonchev–Trinajstić information content (AvgIpc) is 2.68. The van der Waals surface area contributed by atoms with Crippen LogP contribution in [-0.4, -0.2) is 4.98 Å². The van der Waals surface area contributed by atoms with Crippen molar-refractivity contribution in [2.75, 3.05) is 0 Å². The van der Waals surface area contributed by atoms with Gasteiger partial charge in [-0.05, 0) is 37.0 Å². The molecule has 1 fully saturated rings. The van der Waals surface area contributed by atoms with Crippen LogP contribution in [0.2, 0.25) is 0 Å². The molecule has 3 heteroatoms. The standard InChI is InChI=1S/C14H24N2S/c1-13(2,3)11-5-4-7-14(15,8-6-11)12-16-9-10-17-12/h9-11H,4-8,15H2,1-3H3. The third-order valence-corrected chi connectivity index (χ3v) is 5.19. The van der Waals surface area contributed by atoms with Crippen LogP contribution < -0.4 is 5.73 Å². The van der Waals surface area contributed by atoms with Gasteiger partial charge in [0.1, 0.15) is 5.01 Å². The zero-order valence-corrected chi connectivity index (χ0v) is 12.0. The molecule has 2 unspecified atom stereocenters. The first kappa shape index (κ1) is 13.0. The van der Waals surface area contributed by atoms with Crippen molar-refractivity contribution in [1.82, 2.24) is 4.98 Å². The van der Waals surface area contributed by atoms with E-state index in [4.69, 9.17) is 5.73 Å². The number of nitrogens with zero attached hydrogens (tertiary/aromatic N) is 1. The van der Waals surface area contributed by atoms with Crippen molar-refractivity contribution in [3.05, 3.63) is 16.6 Å². The summed E-state index contributed by atoms with van der Waals surface area (Å²) in [7, 11) is 0. The normalized spacial score (nSPS) is 31.2. The molecule has 0 aliphatic heterocycles. The van der Waals surface area contributed by atoms with Gasteiger partial charge >= 0.3 is 0 Å². The van der Waals surface area contributed by atoms with Crippen LogP contribution in [0, 0.1) is 11.3 Å². The minimum atomic E-state index is -0.159. The third-order valence-electron chi connectivity index (χ3n) is 4.20. The number of aromatic nitrogens is 1. The van der Waals surface area contributed by atoms with Crippen LogP contribution in [0.4, 0.5) is 0 Å². The van der Waals surface area contributed by atoms with Crippen molar-refractivity contribution >= 4 is 11.3 Å². The van der Waals surface area contributed by atoms with E-state index in [1.807, 2.05) is 11.6 Å². The lowest BCUT2D eigenvalue weighted by Crippen LogP contribution is -2.36. The molecule has 1 aliphatic rings. The Labute approximate surface area is 109 Å². The monoisotopic (exact) mass is 252 g/mol. The molecule has 2 atom stereocenters. The van der Waals surface area contributed by atoms with E-state index in [1.54, 1.807) is 11.3 Å². The van der Waals surface area contributed by atoms with Crippen LogP contribution in [0.25, 0.3) is 0 Å². The van der Waals surface area contributed by atoms with E-state index >= 15 is 0 Å². The molecule has 1 aliphatic carbocycles. The largest absolute Gasteiger partial charge is 0.319 e. The summed E-state index contributed by atoms with van der Waals surface area (Å²) in [5, 5.41) is 3.17. The number of hydrogen-bond donors (Lipinski definition) is 1. The van der Waals surface area contributed by atoms with Gasteiger partial charge in [0.15, 0.2) is 0 Å². The predicted octanol–water partition coefficient (Wildman–Crippen LogP) is 3.92. The molecule has 0 aromatic carbocycles. The summed E-state index contributed by atoms with van der Waals surface area (Å²) in [4.78, 5) is 4.43. The fraction of sp³-hybridized carbons (Fsp3) is 0.786. The zero-order valence-electron chi connectivity index (χ0n) is 11.2. The fourth-order valence-corrected chi connectivity index (χ4v) is 3.73. The van der Waals surface area contributed by atoms with Crippen LogP contribution in [0.1, 0.15) is 57.9 Å². The highest BCUT2D eigenvalue weighted by atomic mass is 32.1. The lowest BCUT2D eigenvalue weighted by molar-refractivity contribution is 0.211. The van der Waals surface area contributed by atoms with E-state index in [-0.39, 0.29) is 5.54 Å². The molecule has 0 spiro atoms. The molecule has 0 amide bonds. The SMILES string of the molecule is CC(C)(C)C1CCCC(N)(c2nccs2)CC1. The molecule has 0 bridgehead atoms.